The number of sulfone groups is 1. The van der Waals surface area contributed by atoms with Gasteiger partial charge in [-0.2, -0.15) is 0 Å². The van der Waals surface area contributed by atoms with Crippen molar-refractivity contribution in [1.82, 2.24) is 0 Å². The van der Waals surface area contributed by atoms with Gasteiger partial charge in [0, 0.05) is 19.1 Å². The molecular weight excluding hydrogens is 264 g/mol. The topological polar surface area (TPSA) is 74.6 Å². The second-order valence-electron chi connectivity index (χ2n) is 4.74. The van der Waals surface area contributed by atoms with Crippen molar-refractivity contribution in [3.05, 3.63) is 29.8 Å². The number of aliphatic hydroxyl groups is 2. The van der Waals surface area contributed by atoms with E-state index in [1.54, 1.807) is 18.2 Å². The van der Waals surface area contributed by atoms with Gasteiger partial charge in [0.1, 0.15) is 0 Å². The Morgan fingerprint density at radius 3 is 2.47 bits per heavy atom. The van der Waals surface area contributed by atoms with Gasteiger partial charge >= 0.3 is 0 Å². The number of rotatable bonds is 8. The monoisotopic (exact) mass is 286 g/mol. The van der Waals surface area contributed by atoms with Crippen molar-refractivity contribution in [2.45, 2.75) is 31.1 Å². The maximum atomic E-state index is 12.0. The van der Waals surface area contributed by atoms with Crippen LogP contribution < -0.4 is 0 Å². The number of benzene rings is 1. The van der Waals surface area contributed by atoms with Gasteiger partial charge in [-0.25, -0.2) is 8.42 Å². The van der Waals surface area contributed by atoms with Crippen LogP contribution in [-0.2, 0) is 16.3 Å². The lowest BCUT2D eigenvalue weighted by molar-refractivity contribution is 0.144. The first-order valence-corrected chi connectivity index (χ1v) is 8.22. The summed E-state index contributed by atoms with van der Waals surface area (Å²) in [6, 6.07) is 6.92. The third-order valence-corrected chi connectivity index (χ3v) is 5.01. The molecule has 0 amide bonds. The molecule has 0 atom stereocenters. The van der Waals surface area contributed by atoms with Crippen LogP contribution in [0.3, 0.4) is 0 Å². The van der Waals surface area contributed by atoms with E-state index in [9.17, 15) is 8.42 Å². The molecule has 0 bridgehead atoms. The second kappa shape index (κ2) is 7.62. The van der Waals surface area contributed by atoms with Gasteiger partial charge in [0.15, 0.2) is 9.84 Å². The van der Waals surface area contributed by atoms with Crippen molar-refractivity contribution in [2.75, 3.05) is 19.0 Å². The summed E-state index contributed by atoms with van der Waals surface area (Å²) < 4.78 is 23.9. The van der Waals surface area contributed by atoms with E-state index >= 15 is 0 Å². The Bertz CT molecular complexity index is 478. The van der Waals surface area contributed by atoms with Crippen molar-refractivity contribution in [1.29, 1.82) is 0 Å². The van der Waals surface area contributed by atoms with Gasteiger partial charge in [0.2, 0.25) is 0 Å². The number of hydrogen-bond donors (Lipinski definition) is 2. The zero-order valence-corrected chi connectivity index (χ0v) is 12.1. The lowest BCUT2D eigenvalue weighted by atomic mass is 10.0. The Hall–Kier alpha value is -0.910. The Morgan fingerprint density at radius 2 is 1.89 bits per heavy atom. The summed E-state index contributed by atoms with van der Waals surface area (Å²) in [6.45, 7) is 1.74. The van der Waals surface area contributed by atoms with Crippen LogP contribution in [0.25, 0.3) is 0 Å². The molecule has 0 radical (unpaired) electrons. The minimum atomic E-state index is -3.18. The highest BCUT2D eigenvalue weighted by atomic mass is 32.2. The van der Waals surface area contributed by atoms with E-state index in [1.807, 2.05) is 13.0 Å². The predicted molar refractivity (Wildman–Crippen MR) is 74.8 cm³/mol. The molecule has 0 aliphatic carbocycles. The highest BCUT2D eigenvalue weighted by Gasteiger charge is 2.13. The fourth-order valence-corrected chi connectivity index (χ4v) is 3.28. The highest BCUT2D eigenvalue weighted by Crippen LogP contribution is 2.16. The van der Waals surface area contributed by atoms with Crippen LogP contribution in [0, 0.1) is 5.92 Å². The Kier molecular flexibility index (Phi) is 6.48. The van der Waals surface area contributed by atoms with Gasteiger partial charge in [0.05, 0.1) is 10.6 Å². The van der Waals surface area contributed by atoms with Gasteiger partial charge in [-0.15, -0.1) is 0 Å². The first-order valence-electron chi connectivity index (χ1n) is 6.57. The van der Waals surface area contributed by atoms with E-state index in [0.29, 0.717) is 24.2 Å². The summed E-state index contributed by atoms with van der Waals surface area (Å²) in [6.07, 6.45) is 1.90. The molecule has 1 aromatic rings. The molecule has 1 aromatic carbocycles. The molecule has 0 saturated heterocycles. The van der Waals surface area contributed by atoms with E-state index in [-0.39, 0.29) is 24.9 Å². The molecule has 0 spiro atoms. The molecular formula is C14H22O4S. The largest absolute Gasteiger partial charge is 0.396 e. The highest BCUT2D eigenvalue weighted by molar-refractivity contribution is 7.91. The van der Waals surface area contributed by atoms with Crippen molar-refractivity contribution in [3.8, 4) is 0 Å². The van der Waals surface area contributed by atoms with Crippen LogP contribution in [0.2, 0.25) is 0 Å². The molecule has 0 heterocycles. The minimum absolute atomic E-state index is 0.0513. The molecule has 0 unspecified atom stereocenters. The third-order valence-electron chi connectivity index (χ3n) is 3.09. The number of aryl methyl sites for hydroxylation is 1. The summed E-state index contributed by atoms with van der Waals surface area (Å²) >= 11 is 0. The molecule has 1 rings (SSSR count). The molecule has 0 saturated carbocycles. The van der Waals surface area contributed by atoms with Gasteiger partial charge < -0.3 is 10.2 Å². The average Bonchev–Trinajstić information content (AvgIpc) is 2.40. The number of hydrogen-bond acceptors (Lipinski definition) is 4. The van der Waals surface area contributed by atoms with Crippen LogP contribution in [0.15, 0.2) is 29.2 Å². The maximum Gasteiger partial charge on any atom is 0.178 e. The Labute approximate surface area is 115 Å². The van der Waals surface area contributed by atoms with Crippen molar-refractivity contribution < 1.29 is 18.6 Å². The lowest BCUT2D eigenvalue weighted by Crippen LogP contribution is -2.12. The number of aliphatic hydroxyl groups excluding tert-OH is 2. The summed E-state index contributed by atoms with van der Waals surface area (Å²) in [5, 5.41) is 18.0. The first kappa shape index (κ1) is 16.1. The molecule has 19 heavy (non-hydrogen) atoms. The van der Waals surface area contributed by atoms with E-state index < -0.39 is 9.84 Å². The van der Waals surface area contributed by atoms with Crippen LogP contribution in [0.1, 0.15) is 25.3 Å². The molecule has 5 heteroatoms. The van der Waals surface area contributed by atoms with Crippen LogP contribution in [0.5, 0.6) is 0 Å². The van der Waals surface area contributed by atoms with Crippen LogP contribution in [-0.4, -0.2) is 37.6 Å². The van der Waals surface area contributed by atoms with Gasteiger partial charge in [-0.05, 0) is 37.0 Å². The third kappa shape index (κ3) is 4.93. The molecule has 0 aliphatic rings. The van der Waals surface area contributed by atoms with Crippen molar-refractivity contribution >= 4 is 9.84 Å². The summed E-state index contributed by atoms with van der Waals surface area (Å²) in [5.41, 5.74) is 0.920. The maximum absolute atomic E-state index is 12.0. The fourth-order valence-electron chi connectivity index (χ4n) is 1.89. The van der Waals surface area contributed by atoms with Crippen molar-refractivity contribution in [3.63, 3.8) is 0 Å². The van der Waals surface area contributed by atoms with Crippen LogP contribution in [0.4, 0.5) is 0 Å². The van der Waals surface area contributed by atoms with E-state index in [1.165, 1.54) is 0 Å². The van der Waals surface area contributed by atoms with E-state index in [2.05, 4.69) is 0 Å². The summed E-state index contributed by atoms with van der Waals surface area (Å²) in [4.78, 5) is 0.358. The zero-order valence-electron chi connectivity index (χ0n) is 11.2. The summed E-state index contributed by atoms with van der Waals surface area (Å²) in [7, 11) is -3.18. The second-order valence-corrected chi connectivity index (χ2v) is 6.85. The fraction of sp³-hybridized carbons (Fsp3) is 0.571. The summed E-state index contributed by atoms with van der Waals surface area (Å²) in [5.74, 6) is 0.0164. The lowest BCUT2D eigenvalue weighted by Gasteiger charge is -2.11. The minimum Gasteiger partial charge on any atom is -0.396 e. The van der Waals surface area contributed by atoms with Gasteiger partial charge in [-0.1, -0.05) is 19.1 Å². The van der Waals surface area contributed by atoms with Gasteiger partial charge in [-0.3, -0.25) is 0 Å². The van der Waals surface area contributed by atoms with E-state index in [4.69, 9.17) is 10.2 Å². The van der Waals surface area contributed by atoms with E-state index in [0.717, 1.165) is 5.56 Å². The van der Waals surface area contributed by atoms with Gasteiger partial charge in [0.25, 0.3) is 0 Å². The normalized spacial score (nSPS) is 12.0. The smallest absolute Gasteiger partial charge is 0.178 e. The zero-order chi connectivity index (χ0) is 14.3. The predicted octanol–water partition coefficient (Wildman–Crippen LogP) is 1.40. The Morgan fingerprint density at radius 1 is 1.21 bits per heavy atom. The van der Waals surface area contributed by atoms with Crippen molar-refractivity contribution in [2.24, 2.45) is 5.92 Å². The molecule has 4 nitrogen and oxygen atoms in total. The molecule has 0 fully saturated rings. The Balaban J connectivity index is 2.78. The molecule has 108 valence electrons. The molecule has 0 aliphatic heterocycles. The standard InChI is InChI=1S/C14H22O4S/c1-2-8-19(17,18)14-5-3-4-12(9-14)6-7-13(10-15)11-16/h3-5,9,13,15-16H,2,6-8,10-11H2,1H3. The first-order chi connectivity index (χ1) is 9.03. The quantitative estimate of drug-likeness (QED) is 0.757. The average molecular weight is 286 g/mol. The molecule has 0 aromatic heterocycles. The van der Waals surface area contributed by atoms with Crippen LogP contribution >= 0.6 is 0 Å². The molecule has 2 N–H and O–H groups in total. The SMILES string of the molecule is CCCS(=O)(=O)c1cccc(CCC(CO)CO)c1.